The molecule has 0 aliphatic rings. The fourth-order valence-electron chi connectivity index (χ4n) is 6.52. The first kappa shape index (κ1) is 55.8. The number of anilines is 4. The molecule has 3 amide bonds. The number of hydrogen-bond acceptors (Lipinski definition) is 7. The van der Waals surface area contributed by atoms with E-state index in [0.717, 1.165) is 5.56 Å². The topological polar surface area (TPSA) is 108 Å². The molecule has 0 fully saturated rings. The Balaban J connectivity index is 0.000000294. The minimum Gasteiger partial charge on any atom is -0.443 e. The monoisotopic (exact) mass is 1020 g/mol. The summed E-state index contributed by atoms with van der Waals surface area (Å²) in [5.41, 5.74) is 2.09. The summed E-state index contributed by atoms with van der Waals surface area (Å²) in [4.78, 5) is 48.2. The maximum absolute atomic E-state index is 13.6. The van der Waals surface area contributed by atoms with Gasteiger partial charge in [0.05, 0.1) is 29.7 Å². The molecule has 372 valence electrons. The number of halogens is 10. The third-order valence-corrected chi connectivity index (χ3v) is 9.82. The van der Waals surface area contributed by atoms with Gasteiger partial charge in [0.1, 0.15) is 28.9 Å². The maximum Gasteiger partial charge on any atom is 0.471 e. The minimum atomic E-state index is -5.17. The molecule has 20 heteroatoms. The van der Waals surface area contributed by atoms with Gasteiger partial charge in [-0.15, -0.1) is 23.2 Å². The van der Waals surface area contributed by atoms with Gasteiger partial charge in [0.2, 0.25) is 0 Å². The first-order valence-electron chi connectivity index (χ1n) is 21.1. The van der Waals surface area contributed by atoms with Crippen molar-refractivity contribution in [3.63, 3.8) is 0 Å². The van der Waals surface area contributed by atoms with E-state index in [1.807, 2.05) is 0 Å². The second-order valence-electron chi connectivity index (χ2n) is 16.1. The average molecular weight is 1020 g/mol. The number of ether oxygens (including phenoxy) is 1. The van der Waals surface area contributed by atoms with Gasteiger partial charge in [0.15, 0.2) is 0 Å². The molecule has 6 rings (SSSR count). The molecule has 10 nitrogen and oxygen atoms in total. The highest BCUT2D eigenvalue weighted by atomic mass is 35.5. The third-order valence-electron chi connectivity index (χ3n) is 9.82. The lowest BCUT2D eigenvalue weighted by molar-refractivity contribution is -0.171. The predicted molar refractivity (Wildman–Crippen MR) is 254 cm³/mol. The Morgan fingerprint density at radius 1 is 0.614 bits per heavy atom. The van der Waals surface area contributed by atoms with Gasteiger partial charge in [-0.3, -0.25) is 24.3 Å². The molecular weight excluding hydrogens is 971 g/mol. The summed E-state index contributed by atoms with van der Waals surface area (Å²) in [5, 5.41) is 3.24. The number of carbonyl (C=O) groups excluding carboxylic acids is 3. The van der Waals surface area contributed by atoms with Crippen LogP contribution in [0, 0.1) is 11.6 Å². The van der Waals surface area contributed by atoms with Crippen LogP contribution in [0.1, 0.15) is 69.0 Å². The number of pyridine rings is 2. The lowest BCUT2D eigenvalue weighted by Gasteiger charge is -2.31. The van der Waals surface area contributed by atoms with Crippen LogP contribution in [0.15, 0.2) is 146 Å². The van der Waals surface area contributed by atoms with Crippen molar-refractivity contribution in [2.75, 3.05) is 25.4 Å². The smallest absolute Gasteiger partial charge is 0.443 e. The fraction of sp³-hybridized carbons (Fsp3) is 0.260. The van der Waals surface area contributed by atoms with Crippen LogP contribution in [0.2, 0.25) is 0 Å². The largest absolute Gasteiger partial charge is 0.471 e. The fourth-order valence-corrected chi connectivity index (χ4v) is 6.52. The first-order valence-corrected chi connectivity index (χ1v) is 22.2. The number of nitrogens with one attached hydrogen (secondary N) is 1. The Morgan fingerprint density at radius 2 is 1.03 bits per heavy atom. The normalized spacial score (nSPS) is 12.2. The number of alkyl halides is 8. The van der Waals surface area contributed by atoms with E-state index in [1.54, 1.807) is 99.6 Å². The second-order valence-corrected chi connectivity index (χ2v) is 16.9. The van der Waals surface area contributed by atoms with Crippen LogP contribution in [0.4, 0.5) is 62.9 Å². The summed E-state index contributed by atoms with van der Waals surface area (Å²) in [5.74, 6) is -5.35. The quantitative estimate of drug-likeness (QED) is 0.0961. The van der Waals surface area contributed by atoms with Gasteiger partial charge >= 0.3 is 30.3 Å². The number of benzene rings is 4. The lowest BCUT2D eigenvalue weighted by atomic mass is 10.1. The van der Waals surface area contributed by atoms with Gasteiger partial charge < -0.3 is 10.1 Å². The Morgan fingerprint density at radius 3 is 1.46 bits per heavy atom. The van der Waals surface area contributed by atoms with E-state index in [4.69, 9.17) is 27.9 Å². The molecule has 0 spiro atoms. The summed E-state index contributed by atoms with van der Waals surface area (Å²) < 4.78 is 113. The standard InChI is InChI=1S/C27H27F4N3O3.C22H19F4N3O.CH2Cl2/c1-18(20-8-6-5-7-9-20)34(24(35)27(29,30)31)23-16-22(14-15-32-23)33(25(36)37-26(2,3)4)17-19-10-12-21(28)13-11-19;1-15(17-5-3-2-4-6-17)29(21(30)22(24,25)26)20-13-19(11-12-27-20)28-14-16-7-9-18(23)10-8-16;2-1-3/h5-16,18H,17H2,1-4H3;2-13,15H,14H2,1H3,(H,27,28);1H2/t18-;15-;/m00./s1. The molecule has 6 aromatic rings. The van der Waals surface area contributed by atoms with Crippen molar-refractivity contribution in [2.24, 2.45) is 0 Å². The number of amides is 3. The summed E-state index contributed by atoms with van der Waals surface area (Å²) >= 11 is 9.53. The zero-order valence-electron chi connectivity index (χ0n) is 38.3. The van der Waals surface area contributed by atoms with Crippen LogP contribution < -0.4 is 20.0 Å². The van der Waals surface area contributed by atoms with Crippen molar-refractivity contribution in [1.29, 1.82) is 0 Å². The van der Waals surface area contributed by atoms with Crippen molar-refractivity contribution in [2.45, 2.75) is 77.7 Å². The second kappa shape index (κ2) is 25.2. The molecule has 0 saturated heterocycles. The summed E-state index contributed by atoms with van der Waals surface area (Å²) in [6.07, 6.45) is -8.46. The molecular formula is C50H48Cl2F8N6O4. The molecule has 1 N–H and O–H groups in total. The number of rotatable bonds is 12. The zero-order valence-corrected chi connectivity index (χ0v) is 39.8. The van der Waals surface area contributed by atoms with E-state index in [-0.39, 0.29) is 35.0 Å². The number of carbonyl (C=O) groups is 3. The molecule has 2 atom stereocenters. The molecule has 0 aliphatic heterocycles. The van der Waals surface area contributed by atoms with Gasteiger partial charge in [-0.25, -0.2) is 23.5 Å². The van der Waals surface area contributed by atoms with E-state index < -0.39 is 53.8 Å². The van der Waals surface area contributed by atoms with Crippen molar-refractivity contribution in [1.82, 2.24) is 9.97 Å². The van der Waals surface area contributed by atoms with Crippen LogP contribution in [0.25, 0.3) is 0 Å². The van der Waals surface area contributed by atoms with Crippen molar-refractivity contribution in [3.05, 3.63) is 180 Å². The van der Waals surface area contributed by atoms with Crippen LogP contribution in [-0.4, -0.2) is 51.2 Å². The zero-order chi connectivity index (χ0) is 51.8. The Kier molecular flexibility index (Phi) is 20.1. The summed E-state index contributed by atoms with van der Waals surface area (Å²) in [7, 11) is 0. The van der Waals surface area contributed by atoms with Gasteiger partial charge in [-0.05, 0) is 93.3 Å². The average Bonchev–Trinajstić information content (AvgIpc) is 3.31. The molecule has 2 heterocycles. The number of nitrogens with zero attached hydrogens (tertiary/aromatic N) is 5. The van der Waals surface area contributed by atoms with Crippen LogP contribution >= 0.6 is 23.2 Å². The molecule has 0 radical (unpaired) electrons. The van der Waals surface area contributed by atoms with E-state index >= 15 is 0 Å². The number of aromatic nitrogens is 2. The Bertz CT molecular complexity index is 2610. The predicted octanol–water partition coefficient (Wildman–Crippen LogP) is 13.7. The summed E-state index contributed by atoms with van der Waals surface area (Å²) in [6.45, 7) is 8.24. The summed E-state index contributed by atoms with van der Waals surface area (Å²) in [6, 6.07) is 31.6. The SMILES string of the molecule is C[C@@H](c1ccccc1)N(C(=O)C(F)(F)F)c1cc(N(Cc2ccc(F)cc2)C(=O)OC(C)(C)C)ccn1.C[C@@H](c1ccccc1)N(C(=O)C(F)(F)F)c1cc(NCc2ccc(F)cc2)ccn1.ClCCl. The molecule has 4 aromatic carbocycles. The van der Waals surface area contributed by atoms with Gasteiger partial charge in [0.25, 0.3) is 0 Å². The molecule has 0 aliphatic carbocycles. The Hall–Kier alpha value is -6.79. The van der Waals surface area contributed by atoms with E-state index in [9.17, 15) is 49.5 Å². The first-order chi connectivity index (χ1) is 32.9. The van der Waals surface area contributed by atoms with Gasteiger partial charge in [-0.1, -0.05) is 84.9 Å². The minimum absolute atomic E-state index is 0.0693. The van der Waals surface area contributed by atoms with Crippen LogP contribution in [0.5, 0.6) is 0 Å². The Labute approximate surface area is 409 Å². The van der Waals surface area contributed by atoms with E-state index in [1.165, 1.54) is 85.7 Å². The van der Waals surface area contributed by atoms with E-state index in [0.29, 0.717) is 38.7 Å². The van der Waals surface area contributed by atoms with Gasteiger partial charge in [-0.2, -0.15) is 26.3 Å². The highest BCUT2D eigenvalue weighted by Gasteiger charge is 2.46. The van der Waals surface area contributed by atoms with Crippen molar-refractivity contribution in [3.8, 4) is 0 Å². The molecule has 0 saturated carbocycles. The van der Waals surface area contributed by atoms with Crippen molar-refractivity contribution >= 4 is 64.1 Å². The molecule has 0 unspecified atom stereocenters. The highest BCUT2D eigenvalue weighted by Crippen LogP contribution is 2.35. The highest BCUT2D eigenvalue weighted by molar-refractivity contribution is 6.40. The maximum atomic E-state index is 13.6. The lowest BCUT2D eigenvalue weighted by Crippen LogP contribution is -2.43. The van der Waals surface area contributed by atoms with Crippen molar-refractivity contribution < 1.29 is 54.2 Å². The molecule has 2 aromatic heterocycles. The molecule has 70 heavy (non-hydrogen) atoms. The third kappa shape index (κ3) is 16.7. The van der Waals surface area contributed by atoms with Crippen LogP contribution in [-0.2, 0) is 27.4 Å². The van der Waals surface area contributed by atoms with Gasteiger partial charge in [0, 0.05) is 36.8 Å². The van der Waals surface area contributed by atoms with Crippen LogP contribution in [0.3, 0.4) is 0 Å². The number of hydrogen-bond donors (Lipinski definition) is 1. The molecule has 0 bridgehead atoms. The van der Waals surface area contributed by atoms with E-state index in [2.05, 4.69) is 15.3 Å².